The molecule has 0 saturated carbocycles. The number of benzene rings is 2. The van der Waals surface area contributed by atoms with E-state index in [0.29, 0.717) is 19.0 Å². The van der Waals surface area contributed by atoms with Crippen molar-refractivity contribution in [2.75, 3.05) is 38.3 Å². The minimum absolute atomic E-state index is 0.0716. The maximum atomic E-state index is 13.9. The molecule has 9 nitrogen and oxygen atoms in total. The molecule has 1 saturated heterocycles. The highest BCUT2D eigenvalue weighted by Crippen LogP contribution is 2.32. The molecule has 0 unspecified atom stereocenters. The van der Waals surface area contributed by atoms with Crippen molar-refractivity contribution in [1.82, 2.24) is 15.1 Å². The fourth-order valence-electron chi connectivity index (χ4n) is 4.08. The first-order chi connectivity index (χ1) is 16.0. The number of nitrogens with zero attached hydrogens (tertiary/aromatic N) is 3. The van der Waals surface area contributed by atoms with E-state index in [4.69, 9.17) is 9.47 Å². The number of amides is 2. The molecule has 2 aromatic rings. The Kier molecular flexibility index (Phi) is 5.82. The minimum Gasteiger partial charge on any atom is -0.454 e. The van der Waals surface area contributed by atoms with E-state index in [1.54, 1.807) is 12.1 Å². The Morgan fingerprint density at radius 1 is 1.12 bits per heavy atom. The van der Waals surface area contributed by atoms with Gasteiger partial charge in [-0.1, -0.05) is 18.2 Å². The standard InChI is InChI=1S/C23H24FN5O4/c24-16-3-1-2-4-17(16)25-22(31)18-12-21(30)27-23(26-18)29-9-7-28(8-10-29)13-15-5-6-19-20(11-15)33-14-32-19/h1-6,11,18H,7-10,12-14H2,(H,25,31)(H,26,27,30)/t18-/m0/s1. The second kappa shape index (κ2) is 9.07. The maximum Gasteiger partial charge on any atom is 0.249 e. The molecule has 1 fully saturated rings. The minimum atomic E-state index is -0.903. The number of carbonyl (C=O) groups is 2. The summed E-state index contributed by atoms with van der Waals surface area (Å²) >= 11 is 0. The summed E-state index contributed by atoms with van der Waals surface area (Å²) in [5, 5.41) is 5.30. The van der Waals surface area contributed by atoms with Crippen molar-refractivity contribution < 1.29 is 23.5 Å². The molecule has 0 bridgehead atoms. The normalized spacial score (nSPS) is 20.3. The zero-order valence-corrected chi connectivity index (χ0v) is 17.9. The summed E-state index contributed by atoms with van der Waals surface area (Å²) in [5.41, 5.74) is 1.21. The number of hydrogen-bond acceptors (Lipinski definition) is 7. The van der Waals surface area contributed by atoms with Crippen LogP contribution < -0.4 is 20.1 Å². The first-order valence-electron chi connectivity index (χ1n) is 10.8. The zero-order chi connectivity index (χ0) is 22.8. The lowest BCUT2D eigenvalue weighted by molar-refractivity contribution is -0.125. The van der Waals surface area contributed by atoms with Crippen molar-refractivity contribution in [3.63, 3.8) is 0 Å². The van der Waals surface area contributed by atoms with Crippen LogP contribution in [-0.2, 0) is 16.1 Å². The van der Waals surface area contributed by atoms with E-state index in [2.05, 4.69) is 20.5 Å². The first kappa shape index (κ1) is 21.2. The van der Waals surface area contributed by atoms with E-state index in [1.165, 1.54) is 12.1 Å². The molecule has 3 aliphatic heterocycles. The topological polar surface area (TPSA) is 95.5 Å². The highest BCUT2D eigenvalue weighted by molar-refractivity contribution is 6.06. The van der Waals surface area contributed by atoms with Crippen molar-refractivity contribution in [3.05, 3.63) is 53.8 Å². The summed E-state index contributed by atoms with van der Waals surface area (Å²) in [5.74, 6) is 0.607. The molecule has 10 heteroatoms. The SMILES string of the molecule is O=C1C[C@@H](C(=O)Nc2ccccc2F)N=C(N2CCN(Cc3ccc4c(c3)OCO4)CC2)N1. The molecule has 2 aromatic carbocycles. The Morgan fingerprint density at radius 2 is 1.91 bits per heavy atom. The summed E-state index contributed by atoms with van der Waals surface area (Å²) in [6.07, 6.45) is -0.0755. The fourth-order valence-corrected chi connectivity index (χ4v) is 4.08. The van der Waals surface area contributed by atoms with Gasteiger partial charge in [-0.25, -0.2) is 9.38 Å². The van der Waals surface area contributed by atoms with Crippen LogP contribution in [0.1, 0.15) is 12.0 Å². The number of piperazine rings is 1. The molecule has 172 valence electrons. The van der Waals surface area contributed by atoms with Crippen LogP contribution in [0, 0.1) is 5.82 Å². The van der Waals surface area contributed by atoms with Gasteiger partial charge in [0, 0.05) is 32.7 Å². The summed E-state index contributed by atoms with van der Waals surface area (Å²) in [4.78, 5) is 33.6. The number of para-hydroxylation sites is 1. The van der Waals surface area contributed by atoms with Crippen LogP contribution >= 0.6 is 0 Å². The third kappa shape index (κ3) is 4.75. The number of fused-ring (bicyclic) bond motifs is 1. The van der Waals surface area contributed by atoms with E-state index < -0.39 is 17.8 Å². The number of anilines is 1. The zero-order valence-electron chi connectivity index (χ0n) is 17.9. The van der Waals surface area contributed by atoms with Crippen LogP contribution in [0.25, 0.3) is 0 Å². The lowest BCUT2D eigenvalue weighted by Crippen LogP contribution is -2.56. The predicted molar refractivity (Wildman–Crippen MR) is 118 cm³/mol. The largest absolute Gasteiger partial charge is 0.454 e. The monoisotopic (exact) mass is 453 g/mol. The van der Waals surface area contributed by atoms with Gasteiger partial charge in [-0.15, -0.1) is 0 Å². The predicted octanol–water partition coefficient (Wildman–Crippen LogP) is 1.56. The summed E-state index contributed by atoms with van der Waals surface area (Å²) in [6, 6.07) is 11.0. The fraction of sp³-hybridized carbons (Fsp3) is 0.348. The average Bonchev–Trinajstić information content (AvgIpc) is 3.28. The Hall–Kier alpha value is -3.66. The van der Waals surface area contributed by atoms with Gasteiger partial charge in [0.2, 0.25) is 24.6 Å². The number of aliphatic imine (C=N–C) groups is 1. The molecule has 3 aliphatic rings. The van der Waals surface area contributed by atoms with Gasteiger partial charge in [0.25, 0.3) is 0 Å². The molecule has 0 aromatic heterocycles. The molecular weight excluding hydrogens is 429 g/mol. The molecule has 2 N–H and O–H groups in total. The Labute approximate surface area is 190 Å². The molecule has 2 amide bonds. The van der Waals surface area contributed by atoms with Crippen molar-refractivity contribution in [2.24, 2.45) is 4.99 Å². The highest BCUT2D eigenvalue weighted by atomic mass is 19.1. The van der Waals surface area contributed by atoms with Crippen molar-refractivity contribution >= 4 is 23.5 Å². The Bertz CT molecular complexity index is 1100. The second-order valence-corrected chi connectivity index (χ2v) is 8.14. The summed E-state index contributed by atoms with van der Waals surface area (Å²) < 4.78 is 24.7. The molecule has 0 spiro atoms. The number of halogens is 1. The second-order valence-electron chi connectivity index (χ2n) is 8.14. The van der Waals surface area contributed by atoms with Gasteiger partial charge >= 0.3 is 0 Å². The van der Waals surface area contributed by atoms with Gasteiger partial charge in [-0.3, -0.25) is 19.8 Å². The molecule has 0 aliphatic carbocycles. The van der Waals surface area contributed by atoms with Crippen molar-refractivity contribution in [2.45, 2.75) is 19.0 Å². The third-order valence-corrected chi connectivity index (χ3v) is 5.86. The maximum absolute atomic E-state index is 13.9. The lowest BCUT2D eigenvalue weighted by Gasteiger charge is -2.37. The van der Waals surface area contributed by atoms with Crippen LogP contribution in [0.2, 0.25) is 0 Å². The molecule has 1 atom stereocenters. The van der Waals surface area contributed by atoms with Crippen LogP contribution in [-0.4, -0.2) is 66.6 Å². The van der Waals surface area contributed by atoms with E-state index in [9.17, 15) is 14.0 Å². The number of nitrogens with one attached hydrogen (secondary N) is 2. The lowest BCUT2D eigenvalue weighted by atomic mass is 10.1. The van der Waals surface area contributed by atoms with Gasteiger partial charge < -0.3 is 19.7 Å². The van der Waals surface area contributed by atoms with E-state index in [1.807, 2.05) is 23.1 Å². The number of rotatable bonds is 4. The number of guanidine groups is 1. The smallest absolute Gasteiger partial charge is 0.249 e. The van der Waals surface area contributed by atoms with Gasteiger partial charge in [0.15, 0.2) is 11.5 Å². The molecular formula is C23H24FN5O4. The Balaban J connectivity index is 1.19. The number of carbonyl (C=O) groups excluding carboxylic acids is 2. The number of hydrogen-bond donors (Lipinski definition) is 2. The summed E-state index contributed by atoms with van der Waals surface area (Å²) in [7, 11) is 0. The van der Waals surface area contributed by atoms with E-state index >= 15 is 0 Å². The van der Waals surface area contributed by atoms with Crippen LogP contribution in [0.3, 0.4) is 0 Å². The van der Waals surface area contributed by atoms with Crippen LogP contribution in [0.5, 0.6) is 11.5 Å². The summed E-state index contributed by atoms with van der Waals surface area (Å²) in [6.45, 7) is 3.89. The van der Waals surface area contributed by atoms with Crippen molar-refractivity contribution in [3.8, 4) is 11.5 Å². The van der Waals surface area contributed by atoms with Gasteiger partial charge in [0.05, 0.1) is 12.1 Å². The number of ether oxygens (including phenoxy) is 2. The van der Waals surface area contributed by atoms with Gasteiger partial charge in [0.1, 0.15) is 11.9 Å². The first-order valence-corrected chi connectivity index (χ1v) is 10.8. The molecule has 5 rings (SSSR count). The van der Waals surface area contributed by atoms with E-state index in [0.717, 1.165) is 36.7 Å². The average molecular weight is 453 g/mol. The quantitative estimate of drug-likeness (QED) is 0.730. The van der Waals surface area contributed by atoms with Crippen LogP contribution in [0.4, 0.5) is 10.1 Å². The highest BCUT2D eigenvalue weighted by Gasteiger charge is 2.31. The molecule has 3 heterocycles. The van der Waals surface area contributed by atoms with E-state index in [-0.39, 0.29) is 24.8 Å². The third-order valence-electron chi connectivity index (χ3n) is 5.86. The van der Waals surface area contributed by atoms with Crippen molar-refractivity contribution in [1.29, 1.82) is 0 Å². The van der Waals surface area contributed by atoms with Gasteiger partial charge in [-0.05, 0) is 29.8 Å². The molecule has 0 radical (unpaired) electrons. The Morgan fingerprint density at radius 3 is 2.73 bits per heavy atom. The molecule has 33 heavy (non-hydrogen) atoms. The van der Waals surface area contributed by atoms with Gasteiger partial charge in [-0.2, -0.15) is 0 Å². The van der Waals surface area contributed by atoms with Crippen LogP contribution in [0.15, 0.2) is 47.5 Å².